The molecule has 74 valence electrons. The normalized spacial score (nSPS) is 49.2. The number of likely N-dealkylation sites (tertiary alicyclic amines) is 1. The van der Waals surface area contributed by atoms with E-state index in [0.717, 1.165) is 13.2 Å². The predicted molar refractivity (Wildman–Crippen MR) is 48.6 cm³/mol. The zero-order chi connectivity index (χ0) is 9.22. The fourth-order valence-corrected chi connectivity index (χ4v) is 3.18. The van der Waals surface area contributed by atoms with E-state index in [0.29, 0.717) is 24.3 Å². The third-order valence-electron chi connectivity index (χ3n) is 3.49. The van der Waals surface area contributed by atoms with Crippen molar-refractivity contribution in [1.82, 2.24) is 4.90 Å². The third-order valence-corrected chi connectivity index (χ3v) is 3.49. The van der Waals surface area contributed by atoms with Crippen LogP contribution in [0.15, 0.2) is 0 Å². The van der Waals surface area contributed by atoms with Crippen LogP contribution >= 0.6 is 0 Å². The Hall–Kier alpha value is -0.120. The summed E-state index contributed by atoms with van der Waals surface area (Å²) in [7, 11) is 0. The Kier molecular flexibility index (Phi) is 1.43. The molecule has 3 aliphatic rings. The zero-order valence-electron chi connectivity index (χ0n) is 8.49. The van der Waals surface area contributed by atoms with Gasteiger partial charge in [0.1, 0.15) is 12.2 Å². The van der Waals surface area contributed by atoms with Crippen molar-refractivity contribution < 1.29 is 9.47 Å². The van der Waals surface area contributed by atoms with Crippen molar-refractivity contribution in [3.63, 3.8) is 0 Å². The molecule has 3 nitrogen and oxygen atoms in total. The van der Waals surface area contributed by atoms with E-state index in [1.54, 1.807) is 0 Å². The summed E-state index contributed by atoms with van der Waals surface area (Å²) in [4.78, 5) is 2.59. The molecule has 13 heavy (non-hydrogen) atoms. The quantitative estimate of drug-likeness (QED) is 0.550. The van der Waals surface area contributed by atoms with Crippen molar-refractivity contribution >= 4 is 0 Å². The van der Waals surface area contributed by atoms with Crippen LogP contribution in [-0.4, -0.2) is 47.9 Å². The van der Waals surface area contributed by atoms with Crippen LogP contribution in [0.2, 0.25) is 0 Å². The van der Waals surface area contributed by atoms with E-state index in [2.05, 4.69) is 25.7 Å². The molecule has 3 saturated heterocycles. The van der Waals surface area contributed by atoms with Crippen LogP contribution in [0.4, 0.5) is 0 Å². The highest BCUT2D eigenvalue weighted by Crippen LogP contribution is 2.44. The van der Waals surface area contributed by atoms with E-state index in [4.69, 9.17) is 9.47 Å². The lowest BCUT2D eigenvalue weighted by Crippen LogP contribution is -2.57. The summed E-state index contributed by atoms with van der Waals surface area (Å²) in [5.74, 6) is 0. The molecule has 4 atom stereocenters. The molecule has 0 radical (unpaired) electrons. The minimum Gasteiger partial charge on any atom is -0.372 e. The highest BCUT2D eigenvalue weighted by molar-refractivity contribution is 5.13. The fraction of sp³-hybridized carbons (Fsp3) is 1.00. The number of rotatable bonds is 0. The second kappa shape index (κ2) is 2.27. The summed E-state index contributed by atoms with van der Waals surface area (Å²) in [6, 6.07) is 1.03. The summed E-state index contributed by atoms with van der Waals surface area (Å²) >= 11 is 0. The molecule has 3 rings (SSSR count). The molecule has 3 heterocycles. The first-order chi connectivity index (χ1) is 6.09. The van der Waals surface area contributed by atoms with Gasteiger partial charge in [0.15, 0.2) is 0 Å². The third kappa shape index (κ3) is 0.901. The Labute approximate surface area is 79.0 Å². The smallest absolute Gasteiger partial charge is 0.103 e. The van der Waals surface area contributed by atoms with E-state index in [-0.39, 0.29) is 5.54 Å². The summed E-state index contributed by atoms with van der Waals surface area (Å²) in [5, 5.41) is 0. The molecule has 3 aliphatic heterocycles. The van der Waals surface area contributed by atoms with Gasteiger partial charge in [-0.2, -0.15) is 0 Å². The molecule has 0 aromatic heterocycles. The highest BCUT2D eigenvalue weighted by atomic mass is 16.6. The number of nitrogens with zero attached hydrogens (tertiary/aromatic N) is 1. The molecule has 0 amide bonds. The van der Waals surface area contributed by atoms with Gasteiger partial charge in [-0.25, -0.2) is 0 Å². The lowest BCUT2D eigenvalue weighted by atomic mass is 10.0. The van der Waals surface area contributed by atoms with Crippen LogP contribution in [0.25, 0.3) is 0 Å². The van der Waals surface area contributed by atoms with Gasteiger partial charge in [0.25, 0.3) is 0 Å². The lowest BCUT2D eigenvalue weighted by molar-refractivity contribution is -0.0823. The molecule has 3 fully saturated rings. The zero-order valence-corrected chi connectivity index (χ0v) is 8.49. The lowest BCUT2D eigenvalue weighted by Gasteiger charge is -2.44. The molecule has 0 aliphatic carbocycles. The van der Waals surface area contributed by atoms with Gasteiger partial charge in [0.05, 0.1) is 25.3 Å². The first kappa shape index (κ1) is 8.21. The maximum atomic E-state index is 5.70. The average molecular weight is 183 g/mol. The molecule has 0 N–H and O–H groups in total. The molecule has 4 bridgehead atoms. The van der Waals surface area contributed by atoms with Crippen LogP contribution in [0.5, 0.6) is 0 Å². The van der Waals surface area contributed by atoms with Crippen LogP contribution in [-0.2, 0) is 9.47 Å². The Bertz CT molecular complexity index is 218. The largest absolute Gasteiger partial charge is 0.372 e. The minimum atomic E-state index is 0.260. The van der Waals surface area contributed by atoms with Gasteiger partial charge in [0.2, 0.25) is 0 Å². The first-order valence-electron chi connectivity index (χ1n) is 5.11. The maximum absolute atomic E-state index is 5.70. The number of morpholine rings is 2. The second-order valence-corrected chi connectivity index (χ2v) is 5.31. The summed E-state index contributed by atoms with van der Waals surface area (Å²) in [6.45, 7) is 8.57. The monoisotopic (exact) mass is 183 g/mol. The Balaban J connectivity index is 1.93. The van der Waals surface area contributed by atoms with Crippen molar-refractivity contribution in [3.8, 4) is 0 Å². The predicted octanol–water partition coefficient (Wildman–Crippen LogP) is 0.635. The van der Waals surface area contributed by atoms with Gasteiger partial charge in [-0.15, -0.1) is 0 Å². The number of hydrogen-bond acceptors (Lipinski definition) is 3. The molecule has 0 aromatic rings. The van der Waals surface area contributed by atoms with Gasteiger partial charge >= 0.3 is 0 Å². The molecule has 0 aromatic carbocycles. The summed E-state index contributed by atoms with van der Waals surface area (Å²) in [6.07, 6.45) is 0.730. The van der Waals surface area contributed by atoms with Crippen LogP contribution in [0, 0.1) is 0 Å². The van der Waals surface area contributed by atoms with Crippen LogP contribution in [0.3, 0.4) is 0 Å². The molecule has 0 spiro atoms. The van der Waals surface area contributed by atoms with Crippen LogP contribution < -0.4 is 0 Å². The van der Waals surface area contributed by atoms with E-state index >= 15 is 0 Å². The van der Waals surface area contributed by atoms with Gasteiger partial charge in [0, 0.05) is 5.54 Å². The standard InChI is InChI=1S/C10H17NO2/c1-10(2,3)11-6-4-12-9-7(11)5-13-8(6)9/h6-9H,4-5H2,1-3H3/t6?,7?,8-,9?/m0/s1. The van der Waals surface area contributed by atoms with Gasteiger partial charge in [-0.1, -0.05) is 0 Å². The minimum absolute atomic E-state index is 0.260. The topological polar surface area (TPSA) is 21.7 Å². The second-order valence-electron chi connectivity index (χ2n) is 5.31. The highest BCUT2D eigenvalue weighted by Gasteiger charge is 2.62. The van der Waals surface area contributed by atoms with Crippen LogP contribution in [0.1, 0.15) is 20.8 Å². The molecule has 3 heteroatoms. The Morgan fingerprint density at radius 2 is 1.46 bits per heavy atom. The van der Waals surface area contributed by atoms with Crippen molar-refractivity contribution in [2.75, 3.05) is 13.2 Å². The van der Waals surface area contributed by atoms with E-state index in [9.17, 15) is 0 Å². The molecule has 3 unspecified atom stereocenters. The summed E-state index contributed by atoms with van der Waals surface area (Å²) in [5.41, 5.74) is 0.260. The SMILES string of the molecule is CC(C)(C)N1C2CO[C@@H]3C2OCC31. The number of ether oxygens (including phenoxy) is 2. The maximum Gasteiger partial charge on any atom is 0.103 e. The number of hydrogen-bond donors (Lipinski definition) is 0. The van der Waals surface area contributed by atoms with E-state index in [1.807, 2.05) is 0 Å². The summed E-state index contributed by atoms with van der Waals surface area (Å²) < 4.78 is 11.4. The Morgan fingerprint density at radius 3 is 1.77 bits per heavy atom. The van der Waals surface area contributed by atoms with Crippen molar-refractivity contribution in [1.29, 1.82) is 0 Å². The molecule has 0 saturated carbocycles. The van der Waals surface area contributed by atoms with Crippen molar-refractivity contribution in [2.45, 2.75) is 50.6 Å². The van der Waals surface area contributed by atoms with E-state index in [1.165, 1.54) is 0 Å². The van der Waals surface area contributed by atoms with Gasteiger partial charge < -0.3 is 9.47 Å². The van der Waals surface area contributed by atoms with Crippen molar-refractivity contribution in [2.24, 2.45) is 0 Å². The Morgan fingerprint density at radius 1 is 1.00 bits per heavy atom. The fourth-order valence-electron chi connectivity index (χ4n) is 3.18. The van der Waals surface area contributed by atoms with Crippen molar-refractivity contribution in [3.05, 3.63) is 0 Å². The first-order valence-corrected chi connectivity index (χ1v) is 5.11. The molecular formula is C10H17NO2. The van der Waals surface area contributed by atoms with E-state index < -0.39 is 0 Å². The van der Waals surface area contributed by atoms with Gasteiger partial charge in [-0.3, -0.25) is 4.90 Å². The van der Waals surface area contributed by atoms with Gasteiger partial charge in [-0.05, 0) is 20.8 Å². The average Bonchev–Trinajstić information content (AvgIpc) is 2.64. The molecular weight excluding hydrogens is 166 g/mol.